The minimum absolute atomic E-state index is 0.193. The van der Waals surface area contributed by atoms with E-state index in [0.29, 0.717) is 37.7 Å². The first-order valence-corrected chi connectivity index (χ1v) is 11.9. The molecule has 0 unspecified atom stereocenters. The van der Waals surface area contributed by atoms with Crippen LogP contribution >= 0.6 is 11.3 Å². The lowest BCUT2D eigenvalue weighted by Gasteiger charge is -2.26. The van der Waals surface area contributed by atoms with Gasteiger partial charge >= 0.3 is 5.97 Å². The van der Waals surface area contributed by atoms with Gasteiger partial charge in [0.05, 0.1) is 41.8 Å². The number of fused-ring (bicyclic) bond motifs is 1. The molecule has 8 heteroatoms. The van der Waals surface area contributed by atoms with Gasteiger partial charge in [-0.25, -0.2) is 9.79 Å². The first-order valence-electron chi connectivity index (χ1n) is 11.1. The fourth-order valence-electron chi connectivity index (χ4n) is 4.07. The van der Waals surface area contributed by atoms with Crippen molar-refractivity contribution in [2.45, 2.75) is 13.0 Å². The molecule has 0 bridgehead atoms. The van der Waals surface area contributed by atoms with Crippen LogP contribution in [0.25, 0.3) is 11.8 Å². The maximum atomic E-state index is 13.7. The van der Waals surface area contributed by atoms with E-state index in [1.807, 2.05) is 54.6 Å². The van der Waals surface area contributed by atoms with Gasteiger partial charge in [-0.05, 0) is 36.8 Å². The van der Waals surface area contributed by atoms with Crippen molar-refractivity contribution in [1.29, 1.82) is 0 Å². The first kappa shape index (κ1) is 22.6. The Hall–Kier alpha value is -4.17. The molecule has 0 saturated heterocycles. The monoisotopic (exact) mass is 486 g/mol. The van der Waals surface area contributed by atoms with Crippen LogP contribution in [0.2, 0.25) is 0 Å². The van der Waals surface area contributed by atoms with Gasteiger partial charge in [0.15, 0.2) is 4.80 Å². The number of thiazole rings is 1. The molecule has 2 aromatic carbocycles. The first-order chi connectivity index (χ1) is 17.1. The number of hydrogen-bond donors (Lipinski definition) is 0. The third-order valence-corrected chi connectivity index (χ3v) is 6.58. The summed E-state index contributed by atoms with van der Waals surface area (Å²) < 4.78 is 18.3. The maximum Gasteiger partial charge on any atom is 0.338 e. The van der Waals surface area contributed by atoms with Crippen molar-refractivity contribution in [3.05, 3.63) is 115 Å². The molecule has 1 atom stereocenters. The standard InChI is InChI=1S/C27H22N2O5S/c1-3-33-26(31)22-23(17-9-5-4-6-10-17)28-27-29(24(22)18-11-7-12-19(15-18)32-2)25(30)21(35-27)16-20-13-8-14-34-20/h4-16,24H,3H2,1-2H3/t24-/m1/s1. The highest BCUT2D eigenvalue weighted by Gasteiger charge is 2.35. The second-order valence-corrected chi connectivity index (χ2v) is 8.73. The molecule has 0 aliphatic carbocycles. The number of furan rings is 1. The molecule has 0 spiro atoms. The van der Waals surface area contributed by atoms with Gasteiger partial charge in [-0.1, -0.05) is 53.8 Å². The zero-order chi connectivity index (χ0) is 24.4. The SMILES string of the molecule is CCOC(=O)C1=C(c2ccccc2)N=c2sc(=Cc3ccco3)c(=O)n2[C@@H]1c1cccc(OC)c1. The van der Waals surface area contributed by atoms with Gasteiger partial charge < -0.3 is 13.9 Å². The van der Waals surface area contributed by atoms with Crippen LogP contribution in [-0.2, 0) is 9.53 Å². The largest absolute Gasteiger partial charge is 0.497 e. The number of methoxy groups -OCH3 is 1. The molecule has 0 fully saturated rings. The van der Waals surface area contributed by atoms with E-state index in [0.717, 1.165) is 5.56 Å². The van der Waals surface area contributed by atoms with Crippen LogP contribution < -0.4 is 19.6 Å². The summed E-state index contributed by atoms with van der Waals surface area (Å²) in [5.74, 6) is 0.644. The van der Waals surface area contributed by atoms with Gasteiger partial charge in [0.25, 0.3) is 5.56 Å². The van der Waals surface area contributed by atoms with Gasteiger partial charge in [0, 0.05) is 11.6 Å². The number of ether oxygens (including phenoxy) is 2. The van der Waals surface area contributed by atoms with Crippen LogP contribution in [-0.4, -0.2) is 24.3 Å². The summed E-state index contributed by atoms with van der Waals surface area (Å²) in [5.41, 5.74) is 1.96. The van der Waals surface area contributed by atoms with E-state index in [1.165, 1.54) is 11.3 Å². The van der Waals surface area contributed by atoms with E-state index in [2.05, 4.69) is 0 Å². The lowest BCUT2D eigenvalue weighted by molar-refractivity contribution is -0.138. The lowest BCUT2D eigenvalue weighted by Crippen LogP contribution is -2.40. The summed E-state index contributed by atoms with van der Waals surface area (Å²) in [6.45, 7) is 1.94. The predicted molar refractivity (Wildman–Crippen MR) is 133 cm³/mol. The number of nitrogens with zero attached hydrogens (tertiary/aromatic N) is 2. The van der Waals surface area contributed by atoms with E-state index in [9.17, 15) is 9.59 Å². The van der Waals surface area contributed by atoms with Crippen molar-refractivity contribution < 1.29 is 18.7 Å². The predicted octanol–water partition coefficient (Wildman–Crippen LogP) is 3.54. The van der Waals surface area contributed by atoms with Crippen LogP contribution in [0.4, 0.5) is 0 Å². The third kappa shape index (κ3) is 4.24. The Morgan fingerprint density at radius 3 is 2.69 bits per heavy atom. The molecule has 3 heterocycles. The van der Waals surface area contributed by atoms with Crippen LogP contribution in [0.5, 0.6) is 5.75 Å². The van der Waals surface area contributed by atoms with Crippen molar-refractivity contribution in [2.75, 3.05) is 13.7 Å². The average Bonchev–Trinajstić information content (AvgIpc) is 3.51. The molecule has 0 amide bonds. The van der Waals surface area contributed by atoms with E-state index in [4.69, 9.17) is 18.9 Å². The fourth-order valence-corrected chi connectivity index (χ4v) is 5.05. The van der Waals surface area contributed by atoms with Gasteiger partial charge in [0.2, 0.25) is 0 Å². The number of carbonyl (C=O) groups is 1. The molecule has 1 aliphatic rings. The highest BCUT2D eigenvalue weighted by Crippen LogP contribution is 2.36. The van der Waals surface area contributed by atoms with Crippen LogP contribution in [0.1, 0.15) is 29.9 Å². The topological polar surface area (TPSA) is 83.0 Å². The van der Waals surface area contributed by atoms with Crippen molar-refractivity contribution in [1.82, 2.24) is 4.57 Å². The Kier molecular flexibility index (Phi) is 6.20. The second kappa shape index (κ2) is 9.60. The Morgan fingerprint density at radius 1 is 1.14 bits per heavy atom. The van der Waals surface area contributed by atoms with Crippen LogP contribution in [0.15, 0.2) is 92.8 Å². The summed E-state index contributed by atoms with van der Waals surface area (Å²) in [5, 5.41) is 0. The molecule has 0 radical (unpaired) electrons. The molecule has 4 aromatic rings. The molecule has 1 aliphatic heterocycles. The second-order valence-electron chi connectivity index (χ2n) is 7.72. The van der Waals surface area contributed by atoms with Crippen molar-refractivity contribution in [2.24, 2.45) is 4.99 Å². The lowest BCUT2D eigenvalue weighted by atomic mass is 9.93. The average molecular weight is 487 g/mol. The third-order valence-electron chi connectivity index (χ3n) is 5.60. The number of hydrogen-bond acceptors (Lipinski definition) is 7. The minimum Gasteiger partial charge on any atom is -0.497 e. The Balaban J connectivity index is 1.85. The van der Waals surface area contributed by atoms with Gasteiger partial charge in [0.1, 0.15) is 11.5 Å². The number of aromatic nitrogens is 1. The quantitative estimate of drug-likeness (QED) is 0.390. The highest BCUT2D eigenvalue weighted by molar-refractivity contribution is 7.07. The minimum atomic E-state index is -0.755. The summed E-state index contributed by atoms with van der Waals surface area (Å²) in [6, 6.07) is 19.5. The van der Waals surface area contributed by atoms with E-state index >= 15 is 0 Å². The molecule has 2 aromatic heterocycles. The number of benzene rings is 2. The van der Waals surface area contributed by atoms with Gasteiger partial charge in [-0.3, -0.25) is 9.36 Å². The Bertz CT molecular complexity index is 1580. The van der Waals surface area contributed by atoms with Gasteiger partial charge in [-0.2, -0.15) is 0 Å². The van der Waals surface area contributed by atoms with E-state index in [1.54, 1.807) is 43.1 Å². The zero-order valence-corrected chi connectivity index (χ0v) is 20.0. The summed E-state index contributed by atoms with van der Waals surface area (Å²) in [7, 11) is 1.57. The molecular formula is C27H22N2O5S. The fraction of sp³-hybridized carbons (Fsp3) is 0.148. The molecule has 7 nitrogen and oxygen atoms in total. The number of carbonyl (C=O) groups excluding carboxylic acids is 1. The molecule has 0 N–H and O–H groups in total. The maximum absolute atomic E-state index is 13.7. The van der Waals surface area contributed by atoms with Gasteiger partial charge in [-0.15, -0.1) is 0 Å². The molecule has 35 heavy (non-hydrogen) atoms. The summed E-state index contributed by atoms with van der Waals surface area (Å²) in [4.78, 5) is 32.4. The normalized spacial score (nSPS) is 15.5. The van der Waals surface area contributed by atoms with Crippen LogP contribution in [0.3, 0.4) is 0 Å². The Labute approximate surface area is 204 Å². The number of esters is 1. The molecule has 5 rings (SSSR count). The Morgan fingerprint density at radius 2 is 1.97 bits per heavy atom. The van der Waals surface area contributed by atoms with Crippen molar-refractivity contribution in [3.8, 4) is 5.75 Å². The number of rotatable bonds is 6. The molecule has 176 valence electrons. The smallest absolute Gasteiger partial charge is 0.338 e. The van der Waals surface area contributed by atoms with Crippen LogP contribution in [0, 0.1) is 0 Å². The summed E-state index contributed by atoms with van der Waals surface area (Å²) in [6.07, 6.45) is 3.23. The zero-order valence-electron chi connectivity index (χ0n) is 19.1. The van der Waals surface area contributed by atoms with Crippen molar-refractivity contribution >= 4 is 29.1 Å². The van der Waals surface area contributed by atoms with E-state index in [-0.39, 0.29) is 12.2 Å². The van der Waals surface area contributed by atoms with E-state index < -0.39 is 12.0 Å². The molecular weight excluding hydrogens is 464 g/mol. The van der Waals surface area contributed by atoms with Crippen molar-refractivity contribution in [3.63, 3.8) is 0 Å². The highest BCUT2D eigenvalue weighted by atomic mass is 32.1. The summed E-state index contributed by atoms with van der Waals surface area (Å²) >= 11 is 1.24. The molecule has 0 saturated carbocycles.